The molecular formula is C39H27N4O+. The minimum Gasteiger partial charge on any atom is -0.454 e. The quantitative estimate of drug-likeness (QED) is 0.229. The van der Waals surface area contributed by atoms with Crippen molar-refractivity contribution in [1.29, 1.82) is 0 Å². The van der Waals surface area contributed by atoms with E-state index < -0.39 is 0 Å². The number of nitrogens with zero attached hydrogens (tertiary/aromatic N) is 3. The zero-order valence-corrected chi connectivity index (χ0v) is 23.8. The number of aliphatic imine (C=N–C) groups is 2. The van der Waals surface area contributed by atoms with Gasteiger partial charge in [-0.25, -0.2) is 4.99 Å². The molecule has 0 amide bonds. The van der Waals surface area contributed by atoms with Gasteiger partial charge in [-0.05, 0) is 54.6 Å². The first-order chi connectivity index (χ1) is 21.8. The van der Waals surface area contributed by atoms with Gasteiger partial charge in [0.15, 0.2) is 11.4 Å². The molecule has 5 nitrogen and oxygen atoms in total. The first-order valence-electron chi connectivity index (χ1n) is 14.9. The van der Waals surface area contributed by atoms with Crippen molar-refractivity contribution in [1.82, 2.24) is 4.57 Å². The van der Waals surface area contributed by atoms with E-state index in [4.69, 9.17) is 14.4 Å². The highest BCUT2D eigenvalue weighted by molar-refractivity contribution is 6.21. The number of amidine groups is 2. The van der Waals surface area contributed by atoms with E-state index in [1.807, 2.05) is 36.4 Å². The molecule has 5 heteroatoms. The molecular weight excluding hydrogens is 540 g/mol. The van der Waals surface area contributed by atoms with Crippen LogP contribution in [0, 0.1) is 0 Å². The number of fused-ring (bicyclic) bond motifs is 7. The van der Waals surface area contributed by atoms with E-state index >= 15 is 0 Å². The predicted octanol–water partition coefficient (Wildman–Crippen LogP) is 8.15. The van der Waals surface area contributed by atoms with E-state index in [-0.39, 0.29) is 6.17 Å². The van der Waals surface area contributed by atoms with Crippen molar-refractivity contribution in [3.63, 3.8) is 0 Å². The molecule has 0 saturated carbocycles. The monoisotopic (exact) mass is 567 g/mol. The Kier molecular flexibility index (Phi) is 5.58. The number of furan rings is 1. The van der Waals surface area contributed by atoms with Gasteiger partial charge in [-0.3, -0.25) is 5.32 Å². The van der Waals surface area contributed by atoms with Crippen LogP contribution in [0.3, 0.4) is 0 Å². The predicted molar refractivity (Wildman–Crippen MR) is 179 cm³/mol. The highest BCUT2D eigenvalue weighted by Gasteiger charge is 2.25. The molecule has 1 atom stereocenters. The van der Waals surface area contributed by atoms with Crippen LogP contribution in [0.1, 0.15) is 22.9 Å². The van der Waals surface area contributed by atoms with Gasteiger partial charge in [0.25, 0.3) is 0 Å². The number of rotatable bonds is 4. The van der Waals surface area contributed by atoms with Crippen LogP contribution < -0.4 is 5.32 Å². The molecule has 208 valence electrons. The minimum absolute atomic E-state index is 0.114. The van der Waals surface area contributed by atoms with Crippen LogP contribution >= 0.6 is 0 Å². The molecule has 8 aromatic rings. The van der Waals surface area contributed by atoms with Gasteiger partial charge < -0.3 is 8.98 Å². The summed E-state index contributed by atoms with van der Waals surface area (Å²) < 4.78 is 8.84. The van der Waals surface area contributed by atoms with Crippen LogP contribution in [0.4, 0.5) is 0 Å². The standard InChI is InChI=1S/C39H26N4O/c1-3-11-25(12-4-1)37-40-38(26-13-5-2-6-14-26)42-39(41-37)27-19-21-28(22-20-27)43-33-17-9-7-15-29(33)31-23-24-32-30-16-8-10-18-34(30)44-36(32)35(31)43/h1-24,37H,(H,40,41,42)/p+1. The van der Waals surface area contributed by atoms with Gasteiger partial charge in [0.1, 0.15) is 5.58 Å². The third-order valence-corrected chi connectivity index (χ3v) is 8.58. The molecule has 9 rings (SSSR count). The van der Waals surface area contributed by atoms with Crippen molar-refractivity contribution >= 4 is 55.4 Å². The number of aromatic nitrogens is 1. The summed E-state index contributed by atoms with van der Waals surface area (Å²) in [6, 6.07) is 50.6. The first kappa shape index (κ1) is 24.8. The number of hydrogen-bond acceptors (Lipinski definition) is 3. The van der Waals surface area contributed by atoms with Crippen molar-refractivity contribution in [2.24, 2.45) is 9.98 Å². The number of benzene rings is 6. The van der Waals surface area contributed by atoms with E-state index in [0.717, 1.165) is 67.0 Å². The Hall–Kier alpha value is -5.78. The zero-order valence-electron chi connectivity index (χ0n) is 23.8. The fraction of sp³-hybridized carbons (Fsp3) is 0.0256. The molecule has 3 heterocycles. The average molecular weight is 568 g/mol. The van der Waals surface area contributed by atoms with Crippen LogP contribution in [-0.4, -0.2) is 16.2 Å². The van der Waals surface area contributed by atoms with Gasteiger partial charge >= 0.3 is 0 Å². The maximum absolute atomic E-state index is 6.52. The van der Waals surface area contributed by atoms with Gasteiger partial charge in [0, 0.05) is 38.4 Å². The normalized spacial score (nSPS) is 15.2. The van der Waals surface area contributed by atoms with Gasteiger partial charge in [-0.1, -0.05) is 91.0 Å². The molecule has 0 bridgehead atoms. The van der Waals surface area contributed by atoms with Gasteiger partial charge in [-0.2, -0.15) is 4.99 Å². The van der Waals surface area contributed by atoms with Crippen LogP contribution in [0.5, 0.6) is 0 Å². The molecule has 6 aromatic carbocycles. The van der Waals surface area contributed by atoms with Crippen molar-refractivity contribution in [2.75, 3.05) is 0 Å². The summed E-state index contributed by atoms with van der Waals surface area (Å²) in [4.78, 5) is 10.2. The molecule has 44 heavy (non-hydrogen) atoms. The van der Waals surface area contributed by atoms with E-state index in [9.17, 15) is 0 Å². The molecule has 0 fully saturated rings. The second kappa shape index (κ2) is 9.90. The van der Waals surface area contributed by atoms with Crippen molar-refractivity contribution in [2.45, 2.75) is 6.17 Å². The highest BCUT2D eigenvalue weighted by Crippen LogP contribution is 2.40. The fourth-order valence-electron chi connectivity index (χ4n) is 6.49. The molecule has 0 radical (unpaired) electrons. The molecule has 1 aliphatic heterocycles. The second-order valence-corrected chi connectivity index (χ2v) is 11.2. The topological polar surface area (TPSA) is 59.4 Å². The Morgan fingerprint density at radius 2 is 1.25 bits per heavy atom. The third kappa shape index (κ3) is 3.91. The van der Waals surface area contributed by atoms with Crippen molar-refractivity contribution in [3.05, 3.63) is 162 Å². The Labute approximate surface area is 253 Å². The maximum Gasteiger partial charge on any atom is 0.235 e. The summed E-state index contributed by atoms with van der Waals surface area (Å²) >= 11 is 0. The molecule has 0 saturated heterocycles. The number of quaternary nitrogens is 1. The third-order valence-electron chi connectivity index (χ3n) is 8.58. The Morgan fingerprint density at radius 1 is 0.568 bits per heavy atom. The lowest BCUT2D eigenvalue weighted by atomic mass is 10.1. The summed E-state index contributed by atoms with van der Waals surface area (Å²) in [5, 5.41) is 6.77. The van der Waals surface area contributed by atoms with Gasteiger partial charge in [0.05, 0.1) is 16.6 Å². The summed E-state index contributed by atoms with van der Waals surface area (Å²) in [6.45, 7) is 0. The van der Waals surface area contributed by atoms with Crippen LogP contribution in [-0.2, 0) is 0 Å². The summed E-state index contributed by atoms with van der Waals surface area (Å²) in [5.41, 5.74) is 8.27. The smallest absolute Gasteiger partial charge is 0.235 e. The summed E-state index contributed by atoms with van der Waals surface area (Å²) in [6.07, 6.45) is -0.114. The number of para-hydroxylation sites is 2. The van der Waals surface area contributed by atoms with Crippen LogP contribution in [0.15, 0.2) is 160 Å². The van der Waals surface area contributed by atoms with Gasteiger partial charge in [0.2, 0.25) is 12.0 Å². The lowest BCUT2D eigenvalue weighted by Gasteiger charge is -2.19. The zero-order chi connectivity index (χ0) is 29.0. The van der Waals surface area contributed by atoms with Crippen LogP contribution in [0.2, 0.25) is 0 Å². The van der Waals surface area contributed by atoms with Crippen molar-refractivity contribution < 1.29 is 9.73 Å². The fourth-order valence-corrected chi connectivity index (χ4v) is 6.49. The highest BCUT2D eigenvalue weighted by atomic mass is 16.3. The summed E-state index contributed by atoms with van der Waals surface area (Å²) in [5.74, 6) is 1.66. The number of hydrogen-bond donors (Lipinski definition) is 1. The van der Waals surface area contributed by atoms with Crippen LogP contribution in [0.25, 0.3) is 49.4 Å². The molecule has 0 aliphatic carbocycles. The summed E-state index contributed by atoms with van der Waals surface area (Å²) in [7, 11) is 0. The SMILES string of the molecule is c1ccc(C2=NC(c3ccc(-n4c5ccccc5c5ccc6c7ccccc7oc6c54)cc3)=NC(c3ccccc3)[NH2+]2)cc1. The average Bonchev–Trinajstić information content (AvgIpc) is 3.65. The Bertz CT molecular complexity index is 2400. The lowest BCUT2D eigenvalue weighted by Crippen LogP contribution is -2.89. The Morgan fingerprint density at radius 3 is 2.07 bits per heavy atom. The Balaban J connectivity index is 1.21. The van der Waals surface area contributed by atoms with E-state index in [0.29, 0.717) is 0 Å². The molecule has 2 aromatic heterocycles. The lowest BCUT2D eigenvalue weighted by molar-refractivity contribution is -0.586. The largest absolute Gasteiger partial charge is 0.454 e. The first-order valence-corrected chi connectivity index (χ1v) is 14.9. The minimum atomic E-state index is -0.114. The van der Waals surface area contributed by atoms with Crippen molar-refractivity contribution in [3.8, 4) is 5.69 Å². The van der Waals surface area contributed by atoms with E-state index in [2.05, 4.69) is 119 Å². The number of nitrogens with two attached hydrogens (primary N) is 1. The molecule has 1 aliphatic rings. The van der Waals surface area contributed by atoms with E-state index in [1.165, 1.54) is 10.8 Å². The van der Waals surface area contributed by atoms with E-state index in [1.54, 1.807) is 0 Å². The molecule has 1 unspecified atom stereocenters. The second-order valence-electron chi connectivity index (χ2n) is 11.2. The maximum atomic E-state index is 6.52. The van der Waals surface area contributed by atoms with Gasteiger partial charge in [-0.15, -0.1) is 0 Å². The molecule has 2 N–H and O–H groups in total. The molecule has 0 spiro atoms.